The zero-order chi connectivity index (χ0) is 19.5. The van der Waals surface area contributed by atoms with E-state index in [1.165, 1.54) is 5.56 Å². The van der Waals surface area contributed by atoms with Crippen LogP contribution in [0, 0.1) is 10.5 Å². The highest BCUT2D eigenvalue weighted by Gasteiger charge is 2.10. The molecule has 1 aromatic heterocycles. The molecule has 0 amide bonds. The molecule has 0 spiro atoms. The van der Waals surface area contributed by atoms with E-state index < -0.39 is 0 Å². The van der Waals surface area contributed by atoms with E-state index >= 15 is 0 Å². The first kappa shape index (κ1) is 18.6. The molecule has 0 fully saturated rings. The van der Waals surface area contributed by atoms with Gasteiger partial charge in [0, 0.05) is 3.57 Å². The van der Waals surface area contributed by atoms with E-state index in [0.29, 0.717) is 17.8 Å². The fourth-order valence-electron chi connectivity index (χ4n) is 3.19. The van der Waals surface area contributed by atoms with Crippen LogP contribution in [0.4, 0.5) is 0 Å². The summed E-state index contributed by atoms with van der Waals surface area (Å²) in [4.78, 5) is 18.1. The van der Waals surface area contributed by atoms with Gasteiger partial charge in [0.05, 0.1) is 17.4 Å². The molecule has 28 heavy (non-hydrogen) atoms. The highest BCUT2D eigenvalue weighted by Crippen LogP contribution is 2.16. The summed E-state index contributed by atoms with van der Waals surface area (Å²) in [6, 6.07) is 24.0. The Bertz CT molecular complexity index is 1230. The van der Waals surface area contributed by atoms with Crippen molar-refractivity contribution in [2.24, 2.45) is 0 Å². The molecule has 0 bridgehead atoms. The largest absolute Gasteiger partial charge is 0.288 e. The number of hydrogen-bond donors (Lipinski definition) is 0. The average molecular weight is 478 g/mol. The first-order valence-corrected chi connectivity index (χ1v) is 10.2. The SMILES string of the molecule is Cc1ccccc1/C=C/c1nc2ccc(I)cc2c(=O)n1Cc1ccccc1. The van der Waals surface area contributed by atoms with Gasteiger partial charge in [-0.1, -0.05) is 60.7 Å². The highest BCUT2D eigenvalue weighted by molar-refractivity contribution is 14.1. The summed E-state index contributed by atoms with van der Waals surface area (Å²) >= 11 is 2.23. The third-order valence-electron chi connectivity index (χ3n) is 4.73. The van der Waals surface area contributed by atoms with Crippen LogP contribution < -0.4 is 5.56 Å². The van der Waals surface area contributed by atoms with Crippen molar-refractivity contribution in [2.45, 2.75) is 13.5 Å². The third kappa shape index (κ3) is 3.92. The van der Waals surface area contributed by atoms with Crippen LogP contribution in [0.3, 0.4) is 0 Å². The molecule has 0 unspecified atom stereocenters. The van der Waals surface area contributed by atoms with Crippen LogP contribution in [0.15, 0.2) is 77.6 Å². The van der Waals surface area contributed by atoms with Crippen molar-refractivity contribution in [3.63, 3.8) is 0 Å². The maximum atomic E-state index is 13.3. The predicted molar refractivity (Wildman–Crippen MR) is 124 cm³/mol. The maximum absolute atomic E-state index is 13.3. The van der Waals surface area contributed by atoms with Gasteiger partial charge in [0.1, 0.15) is 5.82 Å². The number of nitrogens with zero attached hydrogens (tertiary/aromatic N) is 2. The average Bonchev–Trinajstić information content (AvgIpc) is 2.71. The zero-order valence-electron chi connectivity index (χ0n) is 15.5. The summed E-state index contributed by atoms with van der Waals surface area (Å²) in [6.45, 7) is 2.56. The highest BCUT2D eigenvalue weighted by atomic mass is 127. The van der Waals surface area contributed by atoms with E-state index in [0.717, 1.165) is 20.2 Å². The maximum Gasteiger partial charge on any atom is 0.261 e. The number of aromatic nitrogens is 2. The van der Waals surface area contributed by atoms with Gasteiger partial charge in [0.25, 0.3) is 5.56 Å². The van der Waals surface area contributed by atoms with Gasteiger partial charge < -0.3 is 0 Å². The van der Waals surface area contributed by atoms with Gasteiger partial charge in [-0.25, -0.2) is 4.98 Å². The minimum atomic E-state index is -0.0168. The Hall–Kier alpha value is -2.73. The van der Waals surface area contributed by atoms with Gasteiger partial charge in [-0.15, -0.1) is 0 Å². The smallest absolute Gasteiger partial charge is 0.261 e. The molecule has 4 aromatic rings. The Morgan fingerprint density at radius 1 is 0.964 bits per heavy atom. The third-order valence-corrected chi connectivity index (χ3v) is 5.40. The zero-order valence-corrected chi connectivity index (χ0v) is 17.6. The summed E-state index contributed by atoms with van der Waals surface area (Å²) in [5.74, 6) is 0.658. The Labute approximate surface area is 177 Å². The van der Waals surface area contributed by atoms with Crippen molar-refractivity contribution in [2.75, 3.05) is 0 Å². The Morgan fingerprint density at radius 2 is 1.71 bits per heavy atom. The molecule has 0 atom stereocenters. The Kier molecular flexibility index (Phi) is 5.39. The first-order chi connectivity index (χ1) is 13.6. The van der Waals surface area contributed by atoms with Gasteiger partial charge in [0.15, 0.2) is 0 Å². The van der Waals surface area contributed by atoms with Gasteiger partial charge in [-0.2, -0.15) is 0 Å². The molecular weight excluding hydrogens is 459 g/mol. The molecule has 4 heteroatoms. The molecule has 1 heterocycles. The number of fused-ring (bicyclic) bond motifs is 1. The molecule has 138 valence electrons. The normalized spacial score (nSPS) is 11.4. The molecule has 0 radical (unpaired) electrons. The lowest BCUT2D eigenvalue weighted by Crippen LogP contribution is -2.24. The number of rotatable bonds is 4. The number of hydrogen-bond acceptors (Lipinski definition) is 2. The van der Waals surface area contributed by atoms with Gasteiger partial charge in [-0.05, 0) is 70.5 Å². The van der Waals surface area contributed by atoms with Crippen molar-refractivity contribution in [1.82, 2.24) is 9.55 Å². The second-order valence-corrected chi connectivity index (χ2v) is 7.94. The molecule has 0 saturated carbocycles. The van der Waals surface area contributed by atoms with Crippen LogP contribution in [-0.4, -0.2) is 9.55 Å². The lowest BCUT2D eigenvalue weighted by Gasteiger charge is -2.12. The molecular formula is C24H19IN2O. The summed E-state index contributed by atoms with van der Waals surface area (Å²) in [6.07, 6.45) is 3.96. The van der Waals surface area contributed by atoms with Gasteiger partial charge >= 0.3 is 0 Å². The molecule has 3 aromatic carbocycles. The van der Waals surface area contributed by atoms with Crippen LogP contribution in [-0.2, 0) is 6.54 Å². The summed E-state index contributed by atoms with van der Waals surface area (Å²) in [7, 11) is 0. The van der Waals surface area contributed by atoms with Crippen molar-refractivity contribution >= 4 is 45.6 Å². The Balaban J connectivity index is 1.88. The van der Waals surface area contributed by atoms with Crippen LogP contribution in [0.2, 0.25) is 0 Å². The molecule has 0 aliphatic carbocycles. The fourth-order valence-corrected chi connectivity index (χ4v) is 3.69. The van der Waals surface area contributed by atoms with E-state index in [-0.39, 0.29) is 5.56 Å². The summed E-state index contributed by atoms with van der Waals surface area (Å²) < 4.78 is 2.78. The van der Waals surface area contributed by atoms with E-state index in [4.69, 9.17) is 4.98 Å². The van der Waals surface area contributed by atoms with E-state index in [2.05, 4.69) is 41.6 Å². The van der Waals surface area contributed by atoms with Crippen LogP contribution in [0.25, 0.3) is 23.1 Å². The van der Waals surface area contributed by atoms with Crippen molar-refractivity contribution < 1.29 is 0 Å². The van der Waals surface area contributed by atoms with Gasteiger partial charge in [-0.3, -0.25) is 9.36 Å². The molecule has 0 aliphatic rings. The lowest BCUT2D eigenvalue weighted by atomic mass is 10.1. The van der Waals surface area contributed by atoms with Gasteiger partial charge in [0.2, 0.25) is 0 Å². The second kappa shape index (κ2) is 8.10. The van der Waals surface area contributed by atoms with Crippen molar-refractivity contribution in [1.29, 1.82) is 0 Å². The number of aryl methyl sites for hydroxylation is 1. The quantitative estimate of drug-likeness (QED) is 0.362. The molecule has 0 N–H and O–H groups in total. The second-order valence-electron chi connectivity index (χ2n) is 6.70. The van der Waals surface area contributed by atoms with E-state index in [1.54, 1.807) is 4.57 Å². The number of benzene rings is 3. The fraction of sp³-hybridized carbons (Fsp3) is 0.0833. The molecule has 4 rings (SSSR count). The van der Waals surface area contributed by atoms with E-state index in [1.807, 2.05) is 72.8 Å². The monoisotopic (exact) mass is 478 g/mol. The van der Waals surface area contributed by atoms with Crippen LogP contribution in [0.1, 0.15) is 22.5 Å². The minimum absolute atomic E-state index is 0.0168. The molecule has 0 aliphatic heterocycles. The van der Waals surface area contributed by atoms with Crippen molar-refractivity contribution in [3.05, 3.63) is 109 Å². The number of halogens is 1. The summed E-state index contributed by atoms with van der Waals surface area (Å²) in [5.41, 5.74) is 4.08. The Morgan fingerprint density at radius 3 is 2.50 bits per heavy atom. The van der Waals surface area contributed by atoms with E-state index in [9.17, 15) is 4.79 Å². The van der Waals surface area contributed by atoms with Crippen LogP contribution >= 0.6 is 22.6 Å². The minimum Gasteiger partial charge on any atom is -0.288 e. The van der Waals surface area contributed by atoms with Crippen molar-refractivity contribution in [3.8, 4) is 0 Å². The van der Waals surface area contributed by atoms with Crippen LogP contribution in [0.5, 0.6) is 0 Å². The standard InChI is InChI=1S/C24H19IN2O/c1-17-7-5-6-10-19(17)11-14-23-26-22-13-12-20(25)15-21(22)24(28)27(23)16-18-8-3-2-4-9-18/h2-15H,16H2,1H3/b14-11+. The first-order valence-electron chi connectivity index (χ1n) is 9.09. The topological polar surface area (TPSA) is 34.9 Å². The summed E-state index contributed by atoms with van der Waals surface area (Å²) in [5, 5.41) is 0.649. The molecule has 3 nitrogen and oxygen atoms in total. The molecule has 0 saturated heterocycles. The predicted octanol–water partition coefficient (Wildman–Crippen LogP) is 5.53. The lowest BCUT2D eigenvalue weighted by molar-refractivity contribution is 0.738.